The quantitative estimate of drug-likeness (QED) is 0.680. The molecule has 0 saturated heterocycles. The summed E-state index contributed by atoms with van der Waals surface area (Å²) in [6, 6.07) is 9.37. The molecule has 0 bridgehead atoms. The van der Waals surface area contributed by atoms with E-state index in [-0.39, 0.29) is 5.78 Å². The Hall–Kier alpha value is -1.31. The number of Topliss-reactive ketones (excluding diaryl/α,β-unsaturated/α-hetero) is 1. The zero-order valence-corrected chi connectivity index (χ0v) is 6.99. The molecule has 0 aromatic heterocycles. The van der Waals surface area contributed by atoms with E-state index in [2.05, 4.69) is 0 Å². The van der Waals surface area contributed by atoms with E-state index in [1.807, 2.05) is 30.3 Å². The molecule has 0 N–H and O–H groups in total. The van der Waals surface area contributed by atoms with Gasteiger partial charge in [0.2, 0.25) is 0 Å². The smallest absolute Gasteiger partial charge is 0.143 e. The number of carbonyl (C=O) groups excluding carboxylic acids is 1. The zero-order chi connectivity index (χ0) is 8.81. The molecule has 0 amide bonds. The minimum Gasteiger partial charge on any atom is -0.486 e. The predicted molar refractivity (Wildman–Crippen MR) is 46.7 cm³/mol. The number of hydrogen-bond donors (Lipinski definition) is 0. The van der Waals surface area contributed by atoms with E-state index in [9.17, 15) is 4.79 Å². The average molecular weight is 163 g/mol. The van der Waals surface area contributed by atoms with Crippen LogP contribution in [-0.4, -0.2) is 5.78 Å². The largest absolute Gasteiger partial charge is 0.486 e. The van der Waals surface area contributed by atoms with Gasteiger partial charge in [0, 0.05) is 6.42 Å². The Balaban J connectivity index is 2.29. The van der Waals surface area contributed by atoms with Crippen LogP contribution in [0, 0.1) is 6.61 Å². The Morgan fingerprint density at radius 2 is 2.08 bits per heavy atom. The summed E-state index contributed by atoms with van der Waals surface area (Å²) < 4.78 is 5.17. The second-order valence-corrected chi connectivity index (χ2v) is 2.50. The molecule has 63 valence electrons. The van der Waals surface area contributed by atoms with Gasteiger partial charge in [-0.05, 0) is 19.1 Å². The highest BCUT2D eigenvalue weighted by atomic mass is 16.5. The van der Waals surface area contributed by atoms with E-state index in [0.717, 1.165) is 5.75 Å². The summed E-state index contributed by atoms with van der Waals surface area (Å²) in [5.41, 5.74) is 0. The van der Waals surface area contributed by atoms with Crippen molar-refractivity contribution in [3.05, 3.63) is 36.9 Å². The van der Waals surface area contributed by atoms with Gasteiger partial charge in [-0.2, -0.15) is 0 Å². The number of benzene rings is 1. The van der Waals surface area contributed by atoms with Crippen LogP contribution in [0.25, 0.3) is 0 Å². The summed E-state index contributed by atoms with van der Waals surface area (Å²) >= 11 is 0. The van der Waals surface area contributed by atoms with Crippen molar-refractivity contribution in [1.29, 1.82) is 0 Å². The molecule has 0 aliphatic carbocycles. The first-order chi connectivity index (χ1) is 5.79. The van der Waals surface area contributed by atoms with E-state index in [4.69, 9.17) is 4.74 Å². The molecule has 1 radical (unpaired) electrons. The number of para-hydroxylation sites is 1. The fraction of sp³-hybridized carbons (Fsp3) is 0.200. The molecule has 1 rings (SSSR count). The molecule has 0 spiro atoms. The summed E-state index contributed by atoms with van der Waals surface area (Å²) in [6.45, 7) is 3.04. The predicted octanol–water partition coefficient (Wildman–Crippen LogP) is 2.21. The van der Waals surface area contributed by atoms with Crippen molar-refractivity contribution in [2.45, 2.75) is 13.3 Å². The summed E-state index contributed by atoms with van der Waals surface area (Å²) in [4.78, 5) is 10.5. The Morgan fingerprint density at radius 1 is 1.42 bits per heavy atom. The fourth-order valence-electron chi connectivity index (χ4n) is 0.754. The minimum atomic E-state index is 0.103. The van der Waals surface area contributed by atoms with E-state index in [1.54, 1.807) is 0 Å². The second-order valence-electron chi connectivity index (χ2n) is 2.50. The van der Waals surface area contributed by atoms with Crippen LogP contribution < -0.4 is 4.74 Å². The number of ether oxygens (including phenoxy) is 1. The molecule has 0 fully saturated rings. The van der Waals surface area contributed by atoms with Gasteiger partial charge in [-0.3, -0.25) is 4.79 Å². The molecule has 1 aromatic rings. The first kappa shape index (κ1) is 8.78. The number of carbonyl (C=O) groups is 1. The highest BCUT2D eigenvalue weighted by Crippen LogP contribution is 2.09. The van der Waals surface area contributed by atoms with E-state index in [0.29, 0.717) is 6.42 Å². The molecule has 1 aromatic carbocycles. The van der Waals surface area contributed by atoms with E-state index >= 15 is 0 Å². The van der Waals surface area contributed by atoms with E-state index < -0.39 is 0 Å². The number of rotatable bonds is 4. The molecule has 2 nitrogen and oxygen atoms in total. The van der Waals surface area contributed by atoms with Crippen molar-refractivity contribution < 1.29 is 9.53 Å². The van der Waals surface area contributed by atoms with Crippen LogP contribution in [0.4, 0.5) is 0 Å². The van der Waals surface area contributed by atoms with Crippen LogP contribution in [0.15, 0.2) is 30.3 Å². The normalized spacial score (nSPS) is 9.42. The van der Waals surface area contributed by atoms with Gasteiger partial charge in [0.1, 0.15) is 18.1 Å². The van der Waals surface area contributed by atoms with Crippen molar-refractivity contribution in [1.82, 2.24) is 0 Å². The maximum Gasteiger partial charge on any atom is 0.143 e. The van der Waals surface area contributed by atoms with Gasteiger partial charge in [-0.25, -0.2) is 0 Å². The average Bonchev–Trinajstić information content (AvgIpc) is 2.05. The fourth-order valence-corrected chi connectivity index (χ4v) is 0.754. The van der Waals surface area contributed by atoms with Gasteiger partial charge in [0.05, 0.1) is 0 Å². The van der Waals surface area contributed by atoms with Gasteiger partial charge in [0.15, 0.2) is 0 Å². The van der Waals surface area contributed by atoms with Crippen molar-refractivity contribution in [3.8, 4) is 5.75 Å². The molecule has 0 heterocycles. The van der Waals surface area contributed by atoms with Gasteiger partial charge >= 0.3 is 0 Å². The zero-order valence-electron chi connectivity index (χ0n) is 6.99. The van der Waals surface area contributed by atoms with Crippen molar-refractivity contribution in [2.24, 2.45) is 0 Å². The Morgan fingerprint density at radius 3 is 2.67 bits per heavy atom. The standard InChI is InChI=1S/C10H11O2/c1-9(11)7-8-12-10-5-3-2-4-6-10/h2-6,8H,7H2,1H3. The molecule has 2 heteroatoms. The number of hydrogen-bond acceptors (Lipinski definition) is 2. The molecule has 0 aliphatic heterocycles. The summed E-state index contributed by atoms with van der Waals surface area (Å²) in [7, 11) is 0. The maximum absolute atomic E-state index is 10.5. The molecule has 0 atom stereocenters. The third-order valence-corrected chi connectivity index (χ3v) is 1.33. The van der Waals surface area contributed by atoms with Crippen LogP contribution in [0.1, 0.15) is 13.3 Å². The number of ketones is 1. The lowest BCUT2D eigenvalue weighted by atomic mass is 10.3. The Bertz CT molecular complexity index is 241. The van der Waals surface area contributed by atoms with E-state index in [1.165, 1.54) is 13.5 Å². The van der Waals surface area contributed by atoms with Crippen LogP contribution in [0.2, 0.25) is 0 Å². The molecule has 0 aliphatic rings. The van der Waals surface area contributed by atoms with Gasteiger partial charge in [-0.15, -0.1) is 0 Å². The molecule has 12 heavy (non-hydrogen) atoms. The van der Waals surface area contributed by atoms with Gasteiger partial charge < -0.3 is 4.74 Å². The topological polar surface area (TPSA) is 26.3 Å². The third kappa shape index (κ3) is 3.19. The lowest BCUT2D eigenvalue weighted by Crippen LogP contribution is -1.95. The lowest BCUT2D eigenvalue weighted by molar-refractivity contribution is -0.116. The lowest BCUT2D eigenvalue weighted by Gasteiger charge is -2.01. The van der Waals surface area contributed by atoms with Gasteiger partial charge in [0.25, 0.3) is 0 Å². The van der Waals surface area contributed by atoms with Crippen LogP contribution in [0.5, 0.6) is 5.75 Å². The summed E-state index contributed by atoms with van der Waals surface area (Å²) in [5.74, 6) is 0.865. The molecule has 0 saturated carbocycles. The SMILES string of the molecule is CC(=O)C[CH]Oc1ccccc1. The Labute approximate surface area is 72.2 Å². The van der Waals surface area contributed by atoms with Crippen molar-refractivity contribution >= 4 is 5.78 Å². The van der Waals surface area contributed by atoms with Crippen LogP contribution >= 0.6 is 0 Å². The molecular formula is C10H11O2. The highest BCUT2D eigenvalue weighted by Gasteiger charge is 1.95. The first-order valence-electron chi connectivity index (χ1n) is 3.82. The summed E-state index contributed by atoms with van der Waals surface area (Å²) in [5, 5.41) is 0. The third-order valence-electron chi connectivity index (χ3n) is 1.33. The second kappa shape index (κ2) is 4.54. The van der Waals surface area contributed by atoms with Crippen LogP contribution in [0.3, 0.4) is 0 Å². The Kier molecular flexibility index (Phi) is 3.33. The van der Waals surface area contributed by atoms with Crippen LogP contribution in [-0.2, 0) is 4.79 Å². The van der Waals surface area contributed by atoms with Gasteiger partial charge in [-0.1, -0.05) is 18.2 Å². The molecule has 0 unspecified atom stereocenters. The summed E-state index contributed by atoms with van der Waals surface area (Å²) in [6.07, 6.45) is 0.356. The van der Waals surface area contributed by atoms with Crippen molar-refractivity contribution in [3.63, 3.8) is 0 Å². The highest BCUT2D eigenvalue weighted by molar-refractivity contribution is 5.76. The maximum atomic E-state index is 10.5. The monoisotopic (exact) mass is 163 g/mol. The first-order valence-corrected chi connectivity index (χ1v) is 3.82. The van der Waals surface area contributed by atoms with Crippen molar-refractivity contribution in [2.75, 3.05) is 0 Å². The minimum absolute atomic E-state index is 0.103. The molecular weight excluding hydrogens is 152 g/mol.